The second-order valence-electron chi connectivity index (χ2n) is 8.04. The number of hydrogen-bond donors (Lipinski definition) is 1. The van der Waals surface area contributed by atoms with Gasteiger partial charge < -0.3 is 5.11 Å². The molecule has 0 saturated carbocycles. The number of pyridine rings is 1. The first-order valence-electron chi connectivity index (χ1n) is 10.8. The number of piperidine rings is 1. The van der Waals surface area contributed by atoms with Crippen molar-refractivity contribution in [1.82, 2.24) is 9.88 Å². The van der Waals surface area contributed by atoms with Gasteiger partial charge in [0.15, 0.2) is 0 Å². The van der Waals surface area contributed by atoms with E-state index in [-0.39, 0.29) is 6.10 Å². The molecule has 0 radical (unpaired) electrons. The van der Waals surface area contributed by atoms with Crippen molar-refractivity contribution in [2.24, 2.45) is 0 Å². The van der Waals surface area contributed by atoms with E-state index in [4.69, 9.17) is 11.6 Å². The largest absolute Gasteiger partial charge is 0.393 e. The molecule has 31 heavy (non-hydrogen) atoms. The third kappa shape index (κ3) is 6.51. The third-order valence-corrected chi connectivity index (χ3v) is 6.04. The topological polar surface area (TPSA) is 36.4 Å². The zero-order valence-electron chi connectivity index (χ0n) is 18.4. The molecule has 0 spiro atoms. The number of nitrogens with zero attached hydrogens (tertiary/aromatic N) is 2. The van der Waals surface area contributed by atoms with Crippen LogP contribution >= 0.6 is 11.6 Å². The van der Waals surface area contributed by atoms with Crippen molar-refractivity contribution in [2.45, 2.75) is 39.3 Å². The second kappa shape index (κ2) is 11.2. The molecular formula is C27H31ClN2O. The fraction of sp³-hybridized carbons (Fsp3) is 0.296. The van der Waals surface area contributed by atoms with Gasteiger partial charge >= 0.3 is 0 Å². The van der Waals surface area contributed by atoms with E-state index in [0.717, 1.165) is 54.3 Å². The number of aromatic nitrogens is 1. The SMILES string of the molecule is C=C/C=C\C=C(/C)c1ccnc(/C=C/c2ccc(CN3CCC(O)CC3)cc2Cl)c1C. The number of aliphatic hydroxyl groups excluding tert-OH is 1. The standard InChI is InChI=1S/C27H31ClN2O/c1-4-5-6-7-20(2)25-12-15-29-27(21(25)3)11-10-23-9-8-22(18-26(23)28)19-30-16-13-24(31)14-17-30/h4-12,15,18,24,31H,1,13-14,16-17,19H2,2-3H3/b6-5-,11-10+,20-7+. The lowest BCUT2D eigenvalue weighted by atomic mass is 10.00. The lowest BCUT2D eigenvalue weighted by Gasteiger charge is -2.29. The number of likely N-dealkylation sites (tertiary alicyclic amines) is 1. The summed E-state index contributed by atoms with van der Waals surface area (Å²) in [4.78, 5) is 6.91. The Morgan fingerprint density at radius 3 is 2.71 bits per heavy atom. The fourth-order valence-electron chi connectivity index (χ4n) is 3.82. The average molecular weight is 435 g/mol. The Bertz CT molecular complexity index is 998. The van der Waals surface area contributed by atoms with Crippen LogP contribution in [0.5, 0.6) is 0 Å². The highest BCUT2D eigenvalue weighted by atomic mass is 35.5. The number of rotatable bonds is 7. The number of allylic oxidation sites excluding steroid dienone is 5. The third-order valence-electron chi connectivity index (χ3n) is 5.71. The van der Waals surface area contributed by atoms with Crippen LogP contribution in [0, 0.1) is 6.92 Å². The molecular weight excluding hydrogens is 404 g/mol. The molecule has 1 aliphatic heterocycles. The Balaban J connectivity index is 1.73. The van der Waals surface area contributed by atoms with Gasteiger partial charge in [-0.25, -0.2) is 0 Å². The van der Waals surface area contributed by atoms with Crippen molar-refractivity contribution in [1.29, 1.82) is 0 Å². The van der Waals surface area contributed by atoms with Crippen LogP contribution in [0.25, 0.3) is 17.7 Å². The van der Waals surface area contributed by atoms with Gasteiger partial charge in [0.25, 0.3) is 0 Å². The highest BCUT2D eigenvalue weighted by molar-refractivity contribution is 6.32. The van der Waals surface area contributed by atoms with Gasteiger partial charge in [-0.3, -0.25) is 9.88 Å². The maximum absolute atomic E-state index is 9.67. The van der Waals surface area contributed by atoms with E-state index in [2.05, 4.69) is 48.5 Å². The molecule has 0 amide bonds. The van der Waals surface area contributed by atoms with Crippen LogP contribution in [0.4, 0.5) is 0 Å². The summed E-state index contributed by atoms with van der Waals surface area (Å²) in [5, 5.41) is 10.4. The normalized spacial score (nSPS) is 16.5. The van der Waals surface area contributed by atoms with Gasteiger partial charge in [-0.15, -0.1) is 0 Å². The smallest absolute Gasteiger partial charge is 0.0665 e. The minimum absolute atomic E-state index is 0.147. The Kier molecular flexibility index (Phi) is 8.42. The minimum Gasteiger partial charge on any atom is -0.393 e. The van der Waals surface area contributed by atoms with Crippen LogP contribution in [-0.2, 0) is 6.54 Å². The Hall–Kier alpha value is -2.46. The van der Waals surface area contributed by atoms with Gasteiger partial charge in [0.05, 0.1) is 11.8 Å². The summed E-state index contributed by atoms with van der Waals surface area (Å²) in [5.41, 5.74) is 6.61. The van der Waals surface area contributed by atoms with Crippen LogP contribution in [-0.4, -0.2) is 34.2 Å². The molecule has 1 N–H and O–H groups in total. The molecule has 3 nitrogen and oxygen atoms in total. The van der Waals surface area contributed by atoms with E-state index in [1.165, 1.54) is 16.7 Å². The molecule has 3 rings (SSSR count). The predicted octanol–water partition coefficient (Wildman–Crippen LogP) is 6.32. The van der Waals surface area contributed by atoms with E-state index in [9.17, 15) is 5.11 Å². The molecule has 1 saturated heterocycles. The van der Waals surface area contributed by atoms with Gasteiger partial charge in [-0.05, 0) is 72.7 Å². The van der Waals surface area contributed by atoms with Crippen molar-refractivity contribution < 1.29 is 5.11 Å². The Morgan fingerprint density at radius 2 is 2.00 bits per heavy atom. The molecule has 1 aromatic carbocycles. The van der Waals surface area contributed by atoms with E-state index >= 15 is 0 Å². The average Bonchev–Trinajstić information content (AvgIpc) is 2.76. The van der Waals surface area contributed by atoms with Gasteiger partial charge in [0, 0.05) is 30.9 Å². The van der Waals surface area contributed by atoms with Gasteiger partial charge in [-0.2, -0.15) is 0 Å². The molecule has 4 heteroatoms. The number of aliphatic hydroxyl groups is 1. The van der Waals surface area contributed by atoms with Crippen LogP contribution in [0.3, 0.4) is 0 Å². The zero-order valence-corrected chi connectivity index (χ0v) is 19.1. The van der Waals surface area contributed by atoms with E-state index in [1.54, 1.807) is 6.08 Å². The van der Waals surface area contributed by atoms with Crippen LogP contribution in [0.15, 0.2) is 61.3 Å². The molecule has 2 aromatic rings. The Labute approximate surface area is 191 Å². The quantitative estimate of drug-likeness (QED) is 0.518. The molecule has 1 aliphatic rings. The van der Waals surface area contributed by atoms with E-state index in [0.29, 0.717) is 0 Å². The maximum Gasteiger partial charge on any atom is 0.0665 e. The molecule has 2 heterocycles. The molecule has 0 aliphatic carbocycles. The van der Waals surface area contributed by atoms with Gasteiger partial charge in [0.2, 0.25) is 0 Å². The summed E-state index contributed by atoms with van der Waals surface area (Å²) in [6.07, 6.45) is 15.2. The highest BCUT2D eigenvalue weighted by Gasteiger charge is 2.17. The molecule has 1 aromatic heterocycles. The summed E-state index contributed by atoms with van der Waals surface area (Å²) in [6, 6.07) is 8.28. The highest BCUT2D eigenvalue weighted by Crippen LogP contribution is 2.25. The Morgan fingerprint density at radius 1 is 1.23 bits per heavy atom. The van der Waals surface area contributed by atoms with Crippen molar-refractivity contribution in [2.75, 3.05) is 13.1 Å². The van der Waals surface area contributed by atoms with Crippen molar-refractivity contribution >= 4 is 29.3 Å². The summed E-state index contributed by atoms with van der Waals surface area (Å²) in [7, 11) is 0. The van der Waals surface area contributed by atoms with Gasteiger partial charge in [-0.1, -0.05) is 60.7 Å². The van der Waals surface area contributed by atoms with Crippen molar-refractivity contribution in [3.8, 4) is 0 Å². The number of halogens is 1. The lowest BCUT2D eigenvalue weighted by molar-refractivity contribution is 0.0792. The molecule has 0 atom stereocenters. The predicted molar refractivity (Wildman–Crippen MR) is 133 cm³/mol. The van der Waals surface area contributed by atoms with Gasteiger partial charge in [0.1, 0.15) is 0 Å². The first-order chi connectivity index (χ1) is 15.0. The summed E-state index contributed by atoms with van der Waals surface area (Å²) in [6.45, 7) is 10.6. The minimum atomic E-state index is -0.147. The van der Waals surface area contributed by atoms with E-state index < -0.39 is 0 Å². The monoisotopic (exact) mass is 434 g/mol. The molecule has 1 fully saturated rings. The molecule has 0 bridgehead atoms. The molecule has 162 valence electrons. The van der Waals surface area contributed by atoms with Crippen molar-refractivity contribution in [3.05, 3.63) is 94.3 Å². The number of benzene rings is 1. The fourth-order valence-corrected chi connectivity index (χ4v) is 4.09. The zero-order chi connectivity index (χ0) is 22.2. The first-order valence-corrected chi connectivity index (χ1v) is 11.1. The lowest BCUT2D eigenvalue weighted by Crippen LogP contribution is -2.35. The van der Waals surface area contributed by atoms with Crippen LogP contribution < -0.4 is 0 Å². The van der Waals surface area contributed by atoms with Crippen LogP contribution in [0.1, 0.15) is 47.7 Å². The summed E-state index contributed by atoms with van der Waals surface area (Å²) < 4.78 is 0. The summed E-state index contributed by atoms with van der Waals surface area (Å²) in [5.74, 6) is 0. The van der Waals surface area contributed by atoms with Crippen LogP contribution in [0.2, 0.25) is 5.02 Å². The van der Waals surface area contributed by atoms with Crippen molar-refractivity contribution in [3.63, 3.8) is 0 Å². The first kappa shape index (κ1) is 23.2. The molecule has 0 unspecified atom stereocenters. The maximum atomic E-state index is 9.67. The second-order valence-corrected chi connectivity index (χ2v) is 8.44. The summed E-state index contributed by atoms with van der Waals surface area (Å²) >= 11 is 6.57. The van der Waals surface area contributed by atoms with E-state index in [1.807, 2.05) is 42.6 Å². The number of hydrogen-bond acceptors (Lipinski definition) is 3.